The van der Waals surface area contributed by atoms with Crippen molar-refractivity contribution in [2.24, 2.45) is 0 Å². The molecule has 0 amide bonds. The highest BCUT2D eigenvalue weighted by Crippen LogP contribution is 2.26. The molecular weight excluding hydrogens is 212 g/mol. The zero-order valence-electron chi connectivity index (χ0n) is 8.68. The molecule has 0 fully saturated rings. The highest BCUT2D eigenvalue weighted by molar-refractivity contribution is 5.94. The summed E-state index contributed by atoms with van der Waals surface area (Å²) in [5.41, 5.74) is -0.204. The molecule has 82 valence electrons. The lowest BCUT2D eigenvalue weighted by molar-refractivity contribution is -0.385. The van der Waals surface area contributed by atoms with E-state index in [1.54, 1.807) is 0 Å². The fraction of sp³-hybridized carbons (Fsp3) is 0.200. The van der Waals surface area contributed by atoms with Crippen LogP contribution in [0.5, 0.6) is 0 Å². The molecule has 1 rings (SSSR count). The second-order valence-corrected chi connectivity index (χ2v) is 2.99. The summed E-state index contributed by atoms with van der Waals surface area (Å²) in [6, 6.07) is 4.39. The lowest BCUT2D eigenvalue weighted by atomic mass is 10.0. The summed E-state index contributed by atoms with van der Waals surface area (Å²) in [6.07, 6.45) is 0. The van der Waals surface area contributed by atoms with Crippen LogP contribution >= 0.6 is 0 Å². The van der Waals surface area contributed by atoms with Gasteiger partial charge in [-0.1, -0.05) is 0 Å². The summed E-state index contributed by atoms with van der Waals surface area (Å²) in [6.45, 7) is 1.42. The molecule has 6 heteroatoms. The molecule has 0 bridgehead atoms. The minimum absolute atomic E-state index is 0.149. The number of nitriles is 1. The second-order valence-electron chi connectivity index (χ2n) is 2.99. The van der Waals surface area contributed by atoms with E-state index in [2.05, 4.69) is 4.74 Å². The number of hydrogen-bond acceptors (Lipinski definition) is 5. The first-order valence-corrected chi connectivity index (χ1v) is 4.29. The van der Waals surface area contributed by atoms with Crippen LogP contribution in [0, 0.1) is 28.4 Å². The Balaban J connectivity index is 3.54. The predicted octanol–water partition coefficient (Wildman–Crippen LogP) is 1.56. The van der Waals surface area contributed by atoms with Gasteiger partial charge in [0.15, 0.2) is 0 Å². The summed E-state index contributed by atoms with van der Waals surface area (Å²) in [4.78, 5) is 21.4. The topological polar surface area (TPSA) is 93.2 Å². The fourth-order valence-electron chi connectivity index (χ4n) is 1.33. The molecule has 0 N–H and O–H groups in total. The number of nitro groups is 1. The van der Waals surface area contributed by atoms with Gasteiger partial charge in [0.25, 0.3) is 5.69 Å². The maximum Gasteiger partial charge on any atom is 0.344 e. The van der Waals surface area contributed by atoms with E-state index >= 15 is 0 Å². The van der Waals surface area contributed by atoms with E-state index in [0.717, 1.165) is 7.11 Å². The maximum absolute atomic E-state index is 11.3. The lowest BCUT2D eigenvalue weighted by Gasteiger charge is -2.04. The number of nitro benzene ring substituents is 1. The van der Waals surface area contributed by atoms with Crippen molar-refractivity contribution in [3.8, 4) is 6.07 Å². The van der Waals surface area contributed by atoms with Gasteiger partial charge in [-0.2, -0.15) is 5.26 Å². The van der Waals surface area contributed by atoms with Crippen LogP contribution in [0.15, 0.2) is 12.1 Å². The smallest absolute Gasteiger partial charge is 0.344 e. The van der Waals surface area contributed by atoms with Gasteiger partial charge in [0.1, 0.15) is 5.56 Å². The second kappa shape index (κ2) is 4.40. The molecule has 1 aromatic carbocycles. The summed E-state index contributed by atoms with van der Waals surface area (Å²) in [5, 5.41) is 19.5. The molecule has 6 nitrogen and oxygen atoms in total. The van der Waals surface area contributed by atoms with Crippen LogP contribution in [0.2, 0.25) is 0 Å². The van der Waals surface area contributed by atoms with Crippen molar-refractivity contribution in [3.05, 3.63) is 38.9 Å². The summed E-state index contributed by atoms with van der Waals surface area (Å²) >= 11 is 0. The first kappa shape index (κ1) is 11.7. The van der Waals surface area contributed by atoms with Crippen LogP contribution in [0.3, 0.4) is 0 Å². The highest BCUT2D eigenvalue weighted by Gasteiger charge is 2.25. The van der Waals surface area contributed by atoms with E-state index in [0.29, 0.717) is 0 Å². The van der Waals surface area contributed by atoms with Crippen molar-refractivity contribution >= 4 is 11.7 Å². The van der Waals surface area contributed by atoms with E-state index < -0.39 is 10.9 Å². The number of carbonyl (C=O) groups excluding carboxylic acids is 1. The average molecular weight is 220 g/mol. The molecule has 0 saturated heterocycles. The first-order chi connectivity index (χ1) is 7.52. The number of carbonyl (C=O) groups is 1. The molecule has 0 unspecified atom stereocenters. The summed E-state index contributed by atoms with van der Waals surface area (Å²) in [7, 11) is 1.14. The zero-order chi connectivity index (χ0) is 12.3. The van der Waals surface area contributed by atoms with Crippen LogP contribution in [-0.2, 0) is 4.74 Å². The normalized spacial score (nSPS) is 9.31. The van der Waals surface area contributed by atoms with E-state index in [1.165, 1.54) is 19.1 Å². The number of ether oxygens (including phenoxy) is 1. The molecule has 0 spiro atoms. The number of benzene rings is 1. The Morgan fingerprint density at radius 2 is 2.19 bits per heavy atom. The fourth-order valence-corrected chi connectivity index (χ4v) is 1.33. The average Bonchev–Trinajstić information content (AvgIpc) is 2.26. The molecule has 0 radical (unpaired) electrons. The number of hydrogen-bond donors (Lipinski definition) is 0. The quantitative estimate of drug-likeness (QED) is 0.428. The molecule has 0 aliphatic rings. The monoisotopic (exact) mass is 220 g/mol. The minimum atomic E-state index is -0.792. The van der Waals surface area contributed by atoms with E-state index in [1.807, 2.05) is 6.07 Å². The molecule has 0 saturated carbocycles. The largest absolute Gasteiger partial charge is 0.465 e. The van der Waals surface area contributed by atoms with Crippen molar-refractivity contribution in [1.82, 2.24) is 0 Å². The van der Waals surface area contributed by atoms with E-state index in [4.69, 9.17) is 5.26 Å². The first-order valence-electron chi connectivity index (χ1n) is 4.29. The molecule has 16 heavy (non-hydrogen) atoms. The third-order valence-electron chi connectivity index (χ3n) is 2.14. The van der Waals surface area contributed by atoms with Gasteiger partial charge in [-0.15, -0.1) is 0 Å². The number of esters is 1. The van der Waals surface area contributed by atoms with Crippen molar-refractivity contribution < 1.29 is 14.5 Å². The van der Waals surface area contributed by atoms with Gasteiger partial charge in [-0.3, -0.25) is 10.1 Å². The van der Waals surface area contributed by atoms with Gasteiger partial charge in [0, 0.05) is 5.56 Å². The SMILES string of the molecule is COC(=O)c1ccc(C#N)c(C)c1[N+](=O)[O-]. The molecule has 0 aromatic heterocycles. The van der Waals surface area contributed by atoms with Crippen molar-refractivity contribution in [2.45, 2.75) is 6.92 Å². The summed E-state index contributed by atoms with van der Waals surface area (Å²) in [5.74, 6) is -0.792. The Labute approximate surface area is 91.2 Å². The van der Waals surface area contributed by atoms with Gasteiger partial charge >= 0.3 is 5.97 Å². The third kappa shape index (κ3) is 1.83. The van der Waals surface area contributed by atoms with Crippen LogP contribution in [0.1, 0.15) is 21.5 Å². The molecule has 1 aromatic rings. The third-order valence-corrected chi connectivity index (χ3v) is 2.14. The predicted molar refractivity (Wildman–Crippen MR) is 53.9 cm³/mol. The Morgan fingerprint density at radius 1 is 1.56 bits per heavy atom. The highest BCUT2D eigenvalue weighted by atomic mass is 16.6. The number of methoxy groups -OCH3 is 1. The van der Waals surface area contributed by atoms with Gasteiger partial charge < -0.3 is 4.74 Å². The van der Waals surface area contributed by atoms with E-state index in [9.17, 15) is 14.9 Å². The zero-order valence-corrected chi connectivity index (χ0v) is 8.68. The Morgan fingerprint density at radius 3 is 2.62 bits per heavy atom. The van der Waals surface area contributed by atoms with Gasteiger partial charge in [-0.05, 0) is 19.1 Å². The summed E-state index contributed by atoms with van der Waals surface area (Å²) < 4.78 is 4.43. The van der Waals surface area contributed by atoms with Crippen molar-refractivity contribution in [3.63, 3.8) is 0 Å². The van der Waals surface area contributed by atoms with Crippen LogP contribution in [-0.4, -0.2) is 18.0 Å². The molecule has 0 heterocycles. The Bertz CT molecular complexity index is 502. The molecular formula is C10H8N2O4. The number of nitrogens with zero attached hydrogens (tertiary/aromatic N) is 2. The van der Waals surface area contributed by atoms with Crippen LogP contribution < -0.4 is 0 Å². The lowest BCUT2D eigenvalue weighted by Crippen LogP contribution is -2.07. The van der Waals surface area contributed by atoms with Gasteiger partial charge in [0.05, 0.1) is 23.7 Å². The van der Waals surface area contributed by atoms with Gasteiger partial charge in [-0.25, -0.2) is 4.79 Å². The Kier molecular flexibility index (Phi) is 3.20. The maximum atomic E-state index is 11.3. The molecule has 0 aliphatic carbocycles. The van der Waals surface area contributed by atoms with Gasteiger partial charge in [0.2, 0.25) is 0 Å². The van der Waals surface area contributed by atoms with Crippen LogP contribution in [0.25, 0.3) is 0 Å². The van der Waals surface area contributed by atoms with E-state index in [-0.39, 0.29) is 22.4 Å². The minimum Gasteiger partial charge on any atom is -0.465 e. The molecule has 0 aliphatic heterocycles. The standard InChI is InChI=1S/C10H8N2O4/c1-6-7(5-11)3-4-8(10(13)16-2)9(6)12(14)15/h3-4H,1-2H3. The molecule has 0 atom stereocenters. The van der Waals surface area contributed by atoms with Crippen molar-refractivity contribution in [1.29, 1.82) is 5.26 Å². The van der Waals surface area contributed by atoms with Crippen molar-refractivity contribution in [2.75, 3.05) is 7.11 Å². The Hall–Kier alpha value is -2.42. The number of rotatable bonds is 2. The van der Waals surface area contributed by atoms with Crippen LogP contribution in [0.4, 0.5) is 5.69 Å².